The van der Waals surface area contributed by atoms with Crippen LogP contribution in [0.3, 0.4) is 0 Å². The Morgan fingerprint density at radius 2 is 1.88 bits per heavy atom. The maximum absolute atomic E-state index is 6.65. The van der Waals surface area contributed by atoms with Crippen LogP contribution in [-0.4, -0.2) is 44.0 Å². The van der Waals surface area contributed by atoms with Crippen molar-refractivity contribution in [2.75, 3.05) is 27.4 Å². The van der Waals surface area contributed by atoms with E-state index in [0.717, 1.165) is 53.9 Å². The number of aliphatic imine (C=N–C) groups is 1. The second-order valence-electron chi connectivity index (χ2n) is 8.95. The van der Waals surface area contributed by atoms with Gasteiger partial charge in [0.05, 0.1) is 12.2 Å². The van der Waals surface area contributed by atoms with E-state index in [0.29, 0.717) is 25.6 Å². The van der Waals surface area contributed by atoms with Gasteiger partial charge in [0, 0.05) is 20.6 Å². The maximum Gasteiger partial charge on any atom is 0.222 e. The number of ether oxygens (including phenoxy) is 3. The SMILES string of the molecule is COCCOc1cccc(-c2ccc3c(c2)C2(CC4(CCCCC4)O3)N=C(N)N(C)O2)c1. The topological polar surface area (TPSA) is 78.5 Å². The summed E-state index contributed by atoms with van der Waals surface area (Å²) in [7, 11) is 3.47. The third-order valence-corrected chi connectivity index (χ3v) is 6.68. The van der Waals surface area contributed by atoms with Crippen molar-refractivity contribution in [3.63, 3.8) is 0 Å². The van der Waals surface area contributed by atoms with Crippen LogP contribution in [0.4, 0.5) is 0 Å². The third-order valence-electron chi connectivity index (χ3n) is 6.68. The maximum atomic E-state index is 6.65. The normalized spacial score (nSPS) is 23.7. The molecule has 2 aliphatic heterocycles. The van der Waals surface area contributed by atoms with Crippen LogP contribution in [0, 0.1) is 0 Å². The summed E-state index contributed by atoms with van der Waals surface area (Å²) in [5, 5.41) is 1.57. The van der Waals surface area contributed by atoms with Gasteiger partial charge in [0.2, 0.25) is 11.7 Å². The van der Waals surface area contributed by atoms with Crippen molar-refractivity contribution in [3.05, 3.63) is 48.0 Å². The Kier molecular flexibility index (Phi) is 5.47. The standard InChI is InChI=1S/C25H31N3O4/c1-28-23(26)27-25(32-28)17-24(11-4-3-5-12-24)31-22-10-9-19(16-21(22)25)18-7-6-8-20(15-18)30-14-13-29-2/h6-10,15-16H,3-5,11-14,17H2,1-2H3,(H2,26,27). The molecule has 0 radical (unpaired) electrons. The van der Waals surface area contributed by atoms with Crippen LogP contribution in [0.2, 0.25) is 0 Å². The third kappa shape index (κ3) is 3.80. The number of nitrogens with two attached hydrogens (primary N) is 1. The molecule has 1 saturated carbocycles. The average Bonchev–Trinajstić information content (AvgIpc) is 3.07. The van der Waals surface area contributed by atoms with Gasteiger partial charge in [-0.25, -0.2) is 14.9 Å². The van der Waals surface area contributed by atoms with Crippen molar-refractivity contribution in [2.45, 2.75) is 49.9 Å². The lowest BCUT2D eigenvalue weighted by molar-refractivity contribution is -0.207. The summed E-state index contributed by atoms with van der Waals surface area (Å²) < 4.78 is 17.5. The van der Waals surface area contributed by atoms with Gasteiger partial charge in [0.25, 0.3) is 0 Å². The van der Waals surface area contributed by atoms with Crippen LogP contribution < -0.4 is 15.2 Å². The van der Waals surface area contributed by atoms with Crippen LogP contribution >= 0.6 is 0 Å². The van der Waals surface area contributed by atoms with Gasteiger partial charge in [0.1, 0.15) is 23.7 Å². The lowest BCUT2D eigenvalue weighted by Gasteiger charge is -2.47. The molecule has 1 unspecified atom stereocenters. The van der Waals surface area contributed by atoms with E-state index < -0.39 is 5.72 Å². The second-order valence-corrected chi connectivity index (χ2v) is 8.95. The zero-order valence-corrected chi connectivity index (χ0v) is 18.8. The number of rotatable bonds is 5. The fourth-order valence-electron chi connectivity index (χ4n) is 5.12. The van der Waals surface area contributed by atoms with Crippen LogP contribution in [0.1, 0.15) is 44.1 Å². The van der Waals surface area contributed by atoms with Crippen LogP contribution in [-0.2, 0) is 15.3 Å². The van der Waals surface area contributed by atoms with Crippen molar-refractivity contribution < 1.29 is 19.0 Å². The Bertz CT molecular complexity index is 1020. The van der Waals surface area contributed by atoms with Gasteiger partial charge in [-0.2, -0.15) is 0 Å². The van der Waals surface area contributed by atoms with Crippen molar-refractivity contribution in [1.82, 2.24) is 5.06 Å². The molecule has 2 heterocycles. The molecule has 2 aromatic carbocycles. The largest absolute Gasteiger partial charge is 0.491 e. The number of hydrogen-bond donors (Lipinski definition) is 1. The number of hydrogen-bond acceptors (Lipinski definition) is 7. The first-order valence-corrected chi connectivity index (χ1v) is 11.4. The lowest BCUT2D eigenvalue weighted by atomic mass is 9.75. The first kappa shape index (κ1) is 21.1. The lowest BCUT2D eigenvalue weighted by Crippen LogP contribution is -2.49. The molecule has 1 aliphatic carbocycles. The molecule has 32 heavy (non-hydrogen) atoms. The summed E-state index contributed by atoms with van der Waals surface area (Å²) in [5.74, 6) is 2.03. The zero-order valence-electron chi connectivity index (χ0n) is 18.8. The number of fused-ring (bicyclic) bond motifs is 2. The molecule has 0 bridgehead atoms. The van der Waals surface area contributed by atoms with Crippen LogP contribution in [0.5, 0.6) is 11.5 Å². The molecule has 0 saturated heterocycles. The molecule has 7 heteroatoms. The Balaban J connectivity index is 1.53. The minimum Gasteiger partial charge on any atom is -0.491 e. The Labute approximate surface area is 189 Å². The smallest absolute Gasteiger partial charge is 0.222 e. The molecule has 1 fully saturated rings. The molecular formula is C25H31N3O4. The molecule has 5 rings (SSSR count). The van der Waals surface area contributed by atoms with Gasteiger partial charge < -0.3 is 19.9 Å². The quantitative estimate of drug-likeness (QED) is 0.706. The number of nitrogens with zero attached hydrogens (tertiary/aromatic N) is 2. The zero-order chi connectivity index (χ0) is 22.2. The highest BCUT2D eigenvalue weighted by Crippen LogP contribution is 2.53. The van der Waals surface area contributed by atoms with Gasteiger partial charge in [-0.3, -0.25) is 0 Å². The molecule has 1 atom stereocenters. The van der Waals surface area contributed by atoms with Crippen LogP contribution in [0.15, 0.2) is 47.5 Å². The first-order valence-electron chi connectivity index (χ1n) is 11.4. The molecule has 7 nitrogen and oxygen atoms in total. The Morgan fingerprint density at radius 3 is 2.62 bits per heavy atom. The van der Waals surface area contributed by atoms with Gasteiger partial charge in [-0.05, 0) is 61.1 Å². The molecule has 0 aromatic heterocycles. The predicted octanol–water partition coefficient (Wildman–Crippen LogP) is 4.21. The Hall–Kier alpha value is -2.77. The molecule has 2 aromatic rings. The fraction of sp³-hybridized carbons (Fsp3) is 0.480. The summed E-state index contributed by atoms with van der Waals surface area (Å²) in [6.07, 6.45) is 6.27. The van der Waals surface area contributed by atoms with E-state index in [1.54, 1.807) is 19.2 Å². The van der Waals surface area contributed by atoms with E-state index in [1.165, 1.54) is 6.42 Å². The van der Waals surface area contributed by atoms with Gasteiger partial charge >= 0.3 is 0 Å². The highest BCUT2D eigenvalue weighted by molar-refractivity contribution is 5.79. The van der Waals surface area contributed by atoms with Crippen LogP contribution in [0.25, 0.3) is 11.1 Å². The number of hydroxylamine groups is 2. The highest BCUT2D eigenvalue weighted by Gasteiger charge is 2.54. The van der Waals surface area contributed by atoms with E-state index in [9.17, 15) is 0 Å². The predicted molar refractivity (Wildman–Crippen MR) is 122 cm³/mol. The Morgan fingerprint density at radius 1 is 1.06 bits per heavy atom. The van der Waals surface area contributed by atoms with Crippen molar-refractivity contribution in [3.8, 4) is 22.6 Å². The molecule has 170 valence electrons. The van der Waals surface area contributed by atoms with E-state index in [-0.39, 0.29) is 5.60 Å². The van der Waals surface area contributed by atoms with Crippen molar-refractivity contribution >= 4 is 5.96 Å². The summed E-state index contributed by atoms with van der Waals surface area (Å²) in [4.78, 5) is 11.2. The molecular weight excluding hydrogens is 406 g/mol. The van der Waals surface area contributed by atoms with Gasteiger partial charge in [-0.15, -0.1) is 0 Å². The number of guanidine groups is 1. The molecule has 2 spiro atoms. The summed E-state index contributed by atoms with van der Waals surface area (Å²) in [6, 6.07) is 14.3. The molecule has 2 N–H and O–H groups in total. The minimum atomic E-state index is -0.855. The van der Waals surface area contributed by atoms with E-state index in [2.05, 4.69) is 18.2 Å². The number of methoxy groups -OCH3 is 1. The van der Waals surface area contributed by atoms with Gasteiger partial charge in [-0.1, -0.05) is 24.6 Å². The summed E-state index contributed by atoms with van der Waals surface area (Å²) >= 11 is 0. The summed E-state index contributed by atoms with van der Waals surface area (Å²) in [5.41, 5.74) is 8.09. The first-order chi connectivity index (χ1) is 15.5. The second kappa shape index (κ2) is 8.30. The van der Waals surface area contributed by atoms with Crippen molar-refractivity contribution in [2.24, 2.45) is 10.7 Å². The van der Waals surface area contributed by atoms with E-state index >= 15 is 0 Å². The number of benzene rings is 2. The molecule has 0 amide bonds. The fourth-order valence-corrected chi connectivity index (χ4v) is 5.12. The summed E-state index contributed by atoms with van der Waals surface area (Å²) in [6.45, 7) is 1.06. The van der Waals surface area contributed by atoms with Gasteiger partial charge in [0.15, 0.2) is 0 Å². The average molecular weight is 438 g/mol. The monoisotopic (exact) mass is 437 g/mol. The van der Waals surface area contributed by atoms with Crippen molar-refractivity contribution in [1.29, 1.82) is 0 Å². The minimum absolute atomic E-state index is 0.253. The van der Waals surface area contributed by atoms with E-state index in [1.807, 2.05) is 24.3 Å². The van der Waals surface area contributed by atoms with E-state index in [4.69, 9.17) is 29.8 Å². The molecule has 3 aliphatic rings. The highest BCUT2D eigenvalue weighted by atomic mass is 16.7.